The van der Waals surface area contributed by atoms with Gasteiger partial charge in [0.15, 0.2) is 0 Å². The molecule has 0 aromatic heterocycles. The van der Waals surface area contributed by atoms with Crippen molar-refractivity contribution in [2.45, 2.75) is 26.4 Å². The van der Waals surface area contributed by atoms with Gasteiger partial charge >= 0.3 is 5.69 Å². The predicted molar refractivity (Wildman–Crippen MR) is 73.7 cm³/mol. The molecule has 0 spiro atoms. The number of nitro benzene ring substituents is 1. The fourth-order valence-electron chi connectivity index (χ4n) is 2.36. The molecule has 1 aromatic rings. The Kier molecular flexibility index (Phi) is 4.84. The Morgan fingerprint density at radius 3 is 2.80 bits per heavy atom. The highest BCUT2D eigenvalue weighted by atomic mass is 19.1. The Bertz CT molecular complexity index is 516. The summed E-state index contributed by atoms with van der Waals surface area (Å²) in [6, 6.07) is 3.88. The zero-order chi connectivity index (χ0) is 14.5. The van der Waals surface area contributed by atoms with Crippen LogP contribution in [0, 0.1) is 27.8 Å². The van der Waals surface area contributed by atoms with Crippen LogP contribution in [0.5, 0.6) is 0 Å². The third kappa shape index (κ3) is 3.63. The van der Waals surface area contributed by atoms with Crippen LogP contribution in [-0.2, 0) is 11.3 Å². The smallest absolute Gasteiger partial charge is 0.304 e. The average Bonchev–Trinajstić information content (AvgIpc) is 2.40. The van der Waals surface area contributed by atoms with E-state index >= 15 is 0 Å². The van der Waals surface area contributed by atoms with E-state index in [1.807, 2.05) is 0 Å². The molecular formula is C15H18FNO3. The van der Waals surface area contributed by atoms with Gasteiger partial charge in [0.25, 0.3) is 0 Å². The van der Waals surface area contributed by atoms with E-state index in [9.17, 15) is 14.5 Å². The van der Waals surface area contributed by atoms with Gasteiger partial charge in [0, 0.05) is 6.07 Å². The van der Waals surface area contributed by atoms with Crippen molar-refractivity contribution in [3.8, 4) is 0 Å². The van der Waals surface area contributed by atoms with E-state index in [4.69, 9.17) is 4.74 Å². The molecule has 0 aliphatic heterocycles. The quantitative estimate of drug-likeness (QED) is 0.467. The fourth-order valence-corrected chi connectivity index (χ4v) is 2.36. The molecule has 2 atom stereocenters. The number of allylic oxidation sites excluding steroid dienone is 2. The highest BCUT2D eigenvalue weighted by Gasteiger charge is 2.18. The van der Waals surface area contributed by atoms with E-state index in [-0.39, 0.29) is 6.61 Å². The molecule has 2 unspecified atom stereocenters. The Labute approximate surface area is 117 Å². The molecular weight excluding hydrogens is 261 g/mol. The lowest BCUT2D eigenvalue weighted by Gasteiger charge is -2.24. The van der Waals surface area contributed by atoms with Gasteiger partial charge in [-0.05, 0) is 42.4 Å². The molecule has 20 heavy (non-hydrogen) atoms. The van der Waals surface area contributed by atoms with Crippen LogP contribution in [0.2, 0.25) is 0 Å². The number of hydrogen-bond acceptors (Lipinski definition) is 3. The molecule has 1 aliphatic carbocycles. The summed E-state index contributed by atoms with van der Waals surface area (Å²) >= 11 is 0. The van der Waals surface area contributed by atoms with Crippen LogP contribution in [0.4, 0.5) is 10.1 Å². The van der Waals surface area contributed by atoms with Gasteiger partial charge in [-0.3, -0.25) is 10.1 Å². The third-order valence-corrected chi connectivity index (χ3v) is 3.73. The van der Waals surface area contributed by atoms with Crippen molar-refractivity contribution >= 4 is 5.69 Å². The zero-order valence-electron chi connectivity index (χ0n) is 11.4. The van der Waals surface area contributed by atoms with Gasteiger partial charge in [-0.1, -0.05) is 19.1 Å². The number of nitro groups is 1. The maximum atomic E-state index is 13.4. The topological polar surface area (TPSA) is 52.4 Å². The highest BCUT2D eigenvalue weighted by molar-refractivity contribution is 5.34. The average molecular weight is 279 g/mol. The highest BCUT2D eigenvalue weighted by Crippen LogP contribution is 2.25. The molecule has 0 bridgehead atoms. The number of nitrogens with zero attached hydrogens (tertiary/aromatic N) is 1. The maximum Gasteiger partial charge on any atom is 0.304 e. The molecule has 0 heterocycles. The first-order chi connectivity index (χ1) is 9.58. The minimum absolute atomic E-state index is 0.280. The first-order valence-corrected chi connectivity index (χ1v) is 6.73. The summed E-state index contributed by atoms with van der Waals surface area (Å²) in [6.07, 6.45) is 6.43. The standard InChI is InChI=1S/C15H18FNO3/c1-11-4-2-3-5-13(11)10-20-9-12-6-7-15(17(18)19)14(16)8-12/h2-3,6-8,11,13H,4-5,9-10H2,1H3. The number of ether oxygens (including phenoxy) is 1. The van der Waals surface area contributed by atoms with Crippen LogP contribution in [0.25, 0.3) is 0 Å². The van der Waals surface area contributed by atoms with Gasteiger partial charge in [-0.25, -0.2) is 0 Å². The van der Waals surface area contributed by atoms with Crippen LogP contribution in [0.3, 0.4) is 0 Å². The van der Waals surface area contributed by atoms with Crippen molar-refractivity contribution in [2.24, 2.45) is 11.8 Å². The fraction of sp³-hybridized carbons (Fsp3) is 0.467. The zero-order valence-corrected chi connectivity index (χ0v) is 11.4. The SMILES string of the molecule is CC1CC=CCC1COCc1ccc([N+](=O)[O-])c(F)c1. The first kappa shape index (κ1) is 14.7. The summed E-state index contributed by atoms with van der Waals surface area (Å²) in [5.41, 5.74) is 0.117. The monoisotopic (exact) mass is 279 g/mol. The van der Waals surface area contributed by atoms with Crippen molar-refractivity contribution < 1.29 is 14.1 Å². The molecule has 2 rings (SSSR count). The van der Waals surface area contributed by atoms with Gasteiger partial charge in [0.1, 0.15) is 0 Å². The van der Waals surface area contributed by atoms with Gasteiger partial charge < -0.3 is 4.74 Å². The molecule has 1 aliphatic rings. The lowest BCUT2D eigenvalue weighted by Crippen LogP contribution is -2.19. The molecule has 0 saturated heterocycles. The minimum atomic E-state index is -0.815. The van der Waals surface area contributed by atoms with Gasteiger partial charge in [-0.2, -0.15) is 4.39 Å². The molecule has 0 radical (unpaired) electrons. The summed E-state index contributed by atoms with van der Waals surface area (Å²) < 4.78 is 19.1. The summed E-state index contributed by atoms with van der Waals surface area (Å²) in [5.74, 6) is 0.265. The van der Waals surface area contributed by atoms with E-state index in [0.717, 1.165) is 12.8 Å². The van der Waals surface area contributed by atoms with Crippen LogP contribution in [0.15, 0.2) is 30.4 Å². The van der Waals surface area contributed by atoms with Crippen LogP contribution in [-0.4, -0.2) is 11.5 Å². The van der Waals surface area contributed by atoms with Crippen molar-refractivity contribution in [1.29, 1.82) is 0 Å². The minimum Gasteiger partial charge on any atom is -0.376 e. The summed E-state index contributed by atoms with van der Waals surface area (Å²) in [6.45, 7) is 3.11. The normalized spacial score (nSPS) is 21.9. The first-order valence-electron chi connectivity index (χ1n) is 6.73. The Hall–Kier alpha value is -1.75. The second-order valence-electron chi connectivity index (χ2n) is 5.24. The van der Waals surface area contributed by atoms with Crippen molar-refractivity contribution in [1.82, 2.24) is 0 Å². The van der Waals surface area contributed by atoms with E-state index in [1.54, 1.807) is 0 Å². The Balaban J connectivity index is 1.86. The number of rotatable bonds is 5. The molecule has 0 fully saturated rings. The van der Waals surface area contributed by atoms with Crippen molar-refractivity contribution in [3.05, 3.63) is 51.8 Å². The second-order valence-corrected chi connectivity index (χ2v) is 5.24. The van der Waals surface area contributed by atoms with Crippen LogP contribution >= 0.6 is 0 Å². The molecule has 1 aromatic carbocycles. The van der Waals surface area contributed by atoms with E-state index in [0.29, 0.717) is 24.0 Å². The summed E-state index contributed by atoms with van der Waals surface area (Å²) in [7, 11) is 0. The largest absolute Gasteiger partial charge is 0.376 e. The van der Waals surface area contributed by atoms with Gasteiger partial charge in [0.05, 0.1) is 18.1 Å². The Morgan fingerprint density at radius 1 is 1.40 bits per heavy atom. The lowest BCUT2D eigenvalue weighted by molar-refractivity contribution is -0.387. The van der Waals surface area contributed by atoms with Crippen LogP contribution < -0.4 is 0 Å². The predicted octanol–water partition coefficient (Wildman–Crippen LogP) is 3.85. The second kappa shape index (κ2) is 6.61. The number of hydrogen-bond donors (Lipinski definition) is 0. The molecule has 108 valence electrons. The molecule has 5 heteroatoms. The van der Waals surface area contributed by atoms with E-state index in [2.05, 4.69) is 19.1 Å². The van der Waals surface area contributed by atoms with Crippen LogP contribution in [0.1, 0.15) is 25.3 Å². The molecule has 4 nitrogen and oxygen atoms in total. The molecule has 0 saturated carbocycles. The van der Waals surface area contributed by atoms with Crippen molar-refractivity contribution in [2.75, 3.05) is 6.61 Å². The summed E-state index contributed by atoms with van der Waals surface area (Å²) in [4.78, 5) is 9.79. The third-order valence-electron chi connectivity index (χ3n) is 3.73. The molecule has 0 amide bonds. The molecule has 0 N–H and O–H groups in total. The lowest BCUT2D eigenvalue weighted by atomic mass is 9.85. The Morgan fingerprint density at radius 2 is 2.15 bits per heavy atom. The number of benzene rings is 1. The van der Waals surface area contributed by atoms with E-state index < -0.39 is 16.4 Å². The van der Waals surface area contributed by atoms with Gasteiger partial charge in [-0.15, -0.1) is 0 Å². The van der Waals surface area contributed by atoms with Crippen molar-refractivity contribution in [3.63, 3.8) is 0 Å². The van der Waals surface area contributed by atoms with E-state index in [1.165, 1.54) is 18.2 Å². The van der Waals surface area contributed by atoms with Gasteiger partial charge in [0.2, 0.25) is 5.82 Å². The maximum absolute atomic E-state index is 13.4. The number of halogens is 1. The summed E-state index contributed by atoms with van der Waals surface area (Å²) in [5, 5.41) is 10.5.